The second kappa shape index (κ2) is 29.7. The van der Waals surface area contributed by atoms with Gasteiger partial charge in [0.2, 0.25) is 35.4 Å². The maximum absolute atomic E-state index is 14.3. The summed E-state index contributed by atoms with van der Waals surface area (Å²) in [5, 5.41) is 22.6. The first-order chi connectivity index (χ1) is 31.0. The Balaban J connectivity index is 2.46. The van der Waals surface area contributed by atoms with E-state index in [1.54, 1.807) is 0 Å². The lowest BCUT2D eigenvalue weighted by molar-refractivity contribution is -0.142. The number of aliphatic hydroxyl groups excluding tert-OH is 1. The molecule has 0 aromatic carbocycles. The van der Waals surface area contributed by atoms with Gasteiger partial charge in [-0.05, 0) is 70.8 Å². The Morgan fingerprint density at radius 1 is 0.738 bits per heavy atom. The summed E-state index contributed by atoms with van der Waals surface area (Å²) < 4.78 is 0. The van der Waals surface area contributed by atoms with Crippen LogP contribution in [0.3, 0.4) is 0 Å². The Morgan fingerprint density at radius 3 is 1.66 bits per heavy atom. The number of aromatic amines is 1. The number of amides is 6. The molecule has 1 saturated heterocycles. The summed E-state index contributed by atoms with van der Waals surface area (Å²) in [7, 11) is 0. The number of carbonyl (C=O) groups is 7. The molecule has 0 spiro atoms. The van der Waals surface area contributed by atoms with Gasteiger partial charge in [-0.3, -0.25) is 43.7 Å². The van der Waals surface area contributed by atoms with Crippen molar-refractivity contribution in [2.45, 2.75) is 119 Å². The van der Waals surface area contributed by atoms with Crippen molar-refractivity contribution < 1.29 is 38.7 Å². The number of H-pyrrole nitrogens is 1. The molecule has 1 aliphatic heterocycles. The van der Waals surface area contributed by atoms with Crippen molar-refractivity contribution in [2.75, 3.05) is 39.3 Å². The van der Waals surface area contributed by atoms with E-state index in [-0.39, 0.29) is 95.4 Å². The van der Waals surface area contributed by atoms with Crippen LogP contribution in [-0.2, 0) is 40.0 Å². The van der Waals surface area contributed by atoms with Crippen molar-refractivity contribution >= 4 is 59.6 Å². The highest BCUT2D eigenvalue weighted by molar-refractivity contribution is 5.97. The van der Waals surface area contributed by atoms with Gasteiger partial charge < -0.3 is 92.2 Å². The van der Waals surface area contributed by atoms with Gasteiger partial charge in [0.05, 0.1) is 19.0 Å². The quantitative estimate of drug-likeness (QED) is 0.0142. The van der Waals surface area contributed by atoms with Crippen LogP contribution in [0, 0.1) is 0 Å². The van der Waals surface area contributed by atoms with Crippen molar-refractivity contribution in [3.05, 3.63) is 18.2 Å². The average molecular weight is 920 g/mol. The number of aldehydes is 1. The Kier molecular flexibility index (Phi) is 24.9. The van der Waals surface area contributed by atoms with Crippen LogP contribution in [0.15, 0.2) is 27.5 Å². The molecule has 364 valence electrons. The maximum atomic E-state index is 14.3. The fourth-order valence-electron chi connectivity index (χ4n) is 6.77. The summed E-state index contributed by atoms with van der Waals surface area (Å²) in [6.07, 6.45) is 5.87. The van der Waals surface area contributed by atoms with Crippen LogP contribution >= 0.6 is 0 Å². The van der Waals surface area contributed by atoms with Crippen LogP contribution in [-0.4, -0.2) is 161 Å². The van der Waals surface area contributed by atoms with Gasteiger partial charge in [-0.1, -0.05) is 6.42 Å². The number of aromatic nitrogens is 2. The van der Waals surface area contributed by atoms with E-state index in [4.69, 9.17) is 45.9 Å². The summed E-state index contributed by atoms with van der Waals surface area (Å²) in [6.45, 7) is 0.177. The molecule has 23 N–H and O–H groups in total. The lowest BCUT2D eigenvalue weighted by Crippen LogP contribution is -2.60. The van der Waals surface area contributed by atoms with E-state index >= 15 is 0 Å². The summed E-state index contributed by atoms with van der Waals surface area (Å²) in [5.41, 5.74) is 45.1. The summed E-state index contributed by atoms with van der Waals surface area (Å²) >= 11 is 0. The fourth-order valence-corrected chi connectivity index (χ4v) is 6.77. The Labute approximate surface area is 376 Å². The molecule has 2 rings (SSSR count). The smallest absolute Gasteiger partial charge is 0.246 e. The number of nitrogens with one attached hydrogen (secondary N) is 6. The largest absolute Gasteiger partial charge is 0.394 e. The van der Waals surface area contributed by atoms with Crippen LogP contribution in [0.4, 0.5) is 0 Å². The Bertz CT molecular complexity index is 1770. The molecule has 1 aliphatic rings. The van der Waals surface area contributed by atoms with E-state index in [0.717, 1.165) is 0 Å². The SMILES string of the molecule is NCCCC[C@H](N)C(=O)N[C@@H](CCCN=C(N)N)C(=O)N[C@@H](CCCN=C(N)N)C(=O)N[C@@H](CCCN=C(N)N)C(=O)N[C@@H](Cc1cnc[nH]1)C(=O)N1CCC[C@H]1C(=O)N[C@H](C=O)CO. The molecular weight excluding hydrogens is 851 g/mol. The first-order valence-electron chi connectivity index (χ1n) is 21.5. The van der Waals surface area contributed by atoms with Gasteiger partial charge in [-0.15, -0.1) is 0 Å². The fraction of sp³-hybridized carbons (Fsp3) is 0.658. The third-order valence-corrected chi connectivity index (χ3v) is 10.2. The second-order valence-electron chi connectivity index (χ2n) is 15.4. The zero-order valence-corrected chi connectivity index (χ0v) is 36.7. The zero-order chi connectivity index (χ0) is 48.3. The lowest BCUT2D eigenvalue weighted by atomic mass is 10.0. The van der Waals surface area contributed by atoms with E-state index in [1.807, 2.05) is 0 Å². The maximum Gasteiger partial charge on any atom is 0.246 e. The molecule has 65 heavy (non-hydrogen) atoms. The van der Waals surface area contributed by atoms with E-state index in [1.165, 1.54) is 17.4 Å². The summed E-state index contributed by atoms with van der Waals surface area (Å²) in [4.78, 5) is 114. The highest BCUT2D eigenvalue weighted by Gasteiger charge is 2.39. The number of likely N-dealkylation sites (tertiary alicyclic amines) is 1. The van der Waals surface area contributed by atoms with Gasteiger partial charge in [0.15, 0.2) is 17.9 Å². The van der Waals surface area contributed by atoms with Crippen molar-refractivity contribution in [3.63, 3.8) is 0 Å². The minimum absolute atomic E-state index is 0.0372. The molecule has 2 heterocycles. The third-order valence-electron chi connectivity index (χ3n) is 10.2. The molecule has 27 heteroatoms. The number of imidazole rings is 1. The zero-order valence-electron chi connectivity index (χ0n) is 36.7. The predicted molar refractivity (Wildman–Crippen MR) is 240 cm³/mol. The third kappa shape index (κ3) is 20.6. The topological polar surface area (TPSA) is 477 Å². The van der Waals surface area contributed by atoms with Crippen LogP contribution in [0.5, 0.6) is 0 Å². The molecule has 6 amide bonds. The number of hydrogen-bond donors (Lipinski definition) is 15. The molecule has 0 saturated carbocycles. The van der Waals surface area contributed by atoms with Crippen molar-refractivity contribution in [1.29, 1.82) is 0 Å². The number of aliphatic hydroxyl groups is 1. The molecule has 27 nitrogen and oxygen atoms in total. The Morgan fingerprint density at radius 2 is 1.23 bits per heavy atom. The average Bonchev–Trinajstić information content (AvgIpc) is 3.98. The highest BCUT2D eigenvalue weighted by atomic mass is 16.3. The van der Waals surface area contributed by atoms with Gasteiger partial charge in [-0.2, -0.15) is 0 Å². The number of nitrogens with zero attached hydrogens (tertiary/aromatic N) is 5. The number of rotatable bonds is 31. The number of nitrogens with two attached hydrogens (primary N) is 8. The molecule has 1 aromatic heterocycles. The lowest BCUT2D eigenvalue weighted by Gasteiger charge is -2.30. The standard InChI is InChI=1S/C38H69N19O8/c39-12-2-1-7-24(40)30(60)53-25(8-3-13-48-36(41)42)31(61)54-26(9-4-14-49-37(43)44)32(62)55-27(10-5-15-50-38(45)46)33(63)56-28(17-22-18-47-21-51-22)35(65)57-16-6-11-29(57)34(64)52-23(19-58)20-59/h18-19,21,23-29,59H,1-17,20,39-40H2,(H,47,51)(H,52,64)(H,53,60)(H,54,61)(H,55,62)(H,56,63)(H4,41,42,48)(H4,43,44,49)(H4,45,46,50)/t23-,24+,25+,26+,27+,28+,29+/m1/s1. The highest BCUT2D eigenvalue weighted by Crippen LogP contribution is 2.20. The minimum atomic E-state index is -1.34. The minimum Gasteiger partial charge on any atom is -0.394 e. The molecule has 1 aromatic rings. The molecule has 0 unspecified atom stereocenters. The van der Waals surface area contributed by atoms with E-state index in [0.29, 0.717) is 44.2 Å². The van der Waals surface area contributed by atoms with E-state index < -0.39 is 84.3 Å². The first kappa shape index (κ1) is 54.5. The van der Waals surface area contributed by atoms with Gasteiger partial charge in [0.1, 0.15) is 42.5 Å². The van der Waals surface area contributed by atoms with Crippen molar-refractivity contribution in [3.8, 4) is 0 Å². The number of carbonyl (C=O) groups excluding carboxylic acids is 7. The monoisotopic (exact) mass is 920 g/mol. The number of hydrogen-bond acceptors (Lipinski definition) is 14. The second-order valence-corrected chi connectivity index (χ2v) is 15.4. The predicted octanol–water partition coefficient (Wildman–Crippen LogP) is -6.82. The normalized spacial score (nSPS) is 16.0. The number of unbranched alkanes of at least 4 members (excludes halogenated alkanes) is 1. The summed E-state index contributed by atoms with van der Waals surface area (Å²) in [6, 6.07) is -8.30. The van der Waals surface area contributed by atoms with Gasteiger partial charge in [-0.25, -0.2) is 4.98 Å². The number of guanidine groups is 3. The van der Waals surface area contributed by atoms with Crippen molar-refractivity contribution in [2.24, 2.45) is 60.8 Å². The van der Waals surface area contributed by atoms with Gasteiger partial charge in [0.25, 0.3) is 0 Å². The Hall–Kier alpha value is -6.61. The molecule has 0 radical (unpaired) electrons. The molecule has 1 fully saturated rings. The van der Waals surface area contributed by atoms with Crippen molar-refractivity contribution in [1.82, 2.24) is 41.5 Å². The summed E-state index contributed by atoms with van der Waals surface area (Å²) in [5.74, 6) is -4.84. The van der Waals surface area contributed by atoms with Gasteiger partial charge in [0, 0.05) is 44.5 Å². The van der Waals surface area contributed by atoms with Crippen LogP contribution in [0.25, 0.3) is 0 Å². The van der Waals surface area contributed by atoms with E-state index in [2.05, 4.69) is 51.5 Å². The molecule has 0 aliphatic carbocycles. The molecular formula is C38H69N19O8. The molecule has 0 bridgehead atoms. The van der Waals surface area contributed by atoms with E-state index in [9.17, 15) is 38.7 Å². The first-order valence-corrected chi connectivity index (χ1v) is 21.5. The van der Waals surface area contributed by atoms with Gasteiger partial charge >= 0.3 is 0 Å². The van der Waals surface area contributed by atoms with Crippen LogP contribution < -0.4 is 72.5 Å². The number of aliphatic imine (C=N–C) groups is 3. The van der Waals surface area contributed by atoms with Crippen LogP contribution in [0.1, 0.15) is 76.3 Å². The van der Waals surface area contributed by atoms with Crippen LogP contribution in [0.2, 0.25) is 0 Å². The molecule has 7 atom stereocenters.